The number of rotatable bonds is 5. The zero-order chi connectivity index (χ0) is 16.1. The van der Waals surface area contributed by atoms with Gasteiger partial charge in [-0.1, -0.05) is 50.1 Å². The van der Waals surface area contributed by atoms with Gasteiger partial charge < -0.3 is 9.84 Å². The fourth-order valence-electron chi connectivity index (χ4n) is 3.06. The van der Waals surface area contributed by atoms with Crippen LogP contribution in [-0.4, -0.2) is 24.2 Å². The van der Waals surface area contributed by atoms with E-state index in [1.165, 1.54) is 7.11 Å². The monoisotopic (exact) mass is 302 g/mol. The van der Waals surface area contributed by atoms with E-state index >= 15 is 0 Å². The predicted octanol–water partition coefficient (Wildman–Crippen LogP) is 3.62. The van der Waals surface area contributed by atoms with Gasteiger partial charge in [-0.15, -0.1) is 0 Å². The number of carboxylic acid groups (broad SMARTS) is 1. The molecular weight excluding hydrogens is 280 g/mol. The van der Waals surface area contributed by atoms with Gasteiger partial charge >= 0.3 is 11.9 Å². The number of hydrogen-bond donors (Lipinski definition) is 1. The molecule has 1 aromatic rings. The van der Waals surface area contributed by atoms with E-state index in [1.807, 2.05) is 18.2 Å². The first-order valence-electron chi connectivity index (χ1n) is 7.70. The lowest BCUT2D eigenvalue weighted by Crippen LogP contribution is -2.15. The van der Waals surface area contributed by atoms with E-state index in [1.54, 1.807) is 12.1 Å². The maximum Gasteiger partial charge on any atom is 0.338 e. The van der Waals surface area contributed by atoms with E-state index < -0.39 is 17.9 Å². The normalized spacial score (nSPS) is 20.5. The molecule has 1 aliphatic carbocycles. The number of unbranched alkanes of at least 4 members (excludes halogenated alkanes) is 1. The maximum absolute atomic E-state index is 12.1. The Morgan fingerprint density at radius 2 is 2.05 bits per heavy atom. The minimum atomic E-state index is -0.839. The SMILES string of the molecule is CCCC[C@H]1C=C(C(=O)OC)c2ccccc2[C@@H](C(=O)O)C1. The minimum absolute atomic E-state index is 0.0718. The van der Waals surface area contributed by atoms with Gasteiger partial charge in [0, 0.05) is 0 Å². The second-order valence-electron chi connectivity index (χ2n) is 5.69. The summed E-state index contributed by atoms with van der Waals surface area (Å²) in [6.45, 7) is 2.10. The molecule has 0 heterocycles. The Bertz CT molecular complexity index is 589. The van der Waals surface area contributed by atoms with Crippen LogP contribution in [-0.2, 0) is 14.3 Å². The van der Waals surface area contributed by atoms with Gasteiger partial charge in [0.05, 0.1) is 18.6 Å². The fraction of sp³-hybridized carbons (Fsp3) is 0.444. The smallest absolute Gasteiger partial charge is 0.338 e. The Morgan fingerprint density at radius 3 is 2.68 bits per heavy atom. The van der Waals surface area contributed by atoms with Crippen LogP contribution in [0.3, 0.4) is 0 Å². The molecule has 0 spiro atoms. The third-order valence-corrected chi connectivity index (χ3v) is 4.20. The van der Waals surface area contributed by atoms with Gasteiger partial charge in [0.25, 0.3) is 0 Å². The molecule has 1 N–H and O–H groups in total. The van der Waals surface area contributed by atoms with Crippen molar-refractivity contribution in [2.45, 2.75) is 38.5 Å². The second kappa shape index (κ2) is 7.25. The lowest BCUT2D eigenvalue weighted by Gasteiger charge is -2.17. The topological polar surface area (TPSA) is 63.6 Å². The van der Waals surface area contributed by atoms with Gasteiger partial charge in [-0.25, -0.2) is 4.79 Å². The second-order valence-corrected chi connectivity index (χ2v) is 5.69. The Labute approximate surface area is 130 Å². The maximum atomic E-state index is 12.1. The molecule has 0 saturated heterocycles. The number of carbonyl (C=O) groups excluding carboxylic acids is 1. The van der Waals surface area contributed by atoms with Crippen LogP contribution in [0.5, 0.6) is 0 Å². The quantitative estimate of drug-likeness (QED) is 0.844. The summed E-state index contributed by atoms with van der Waals surface area (Å²) in [5.41, 5.74) is 1.87. The highest BCUT2D eigenvalue weighted by molar-refractivity contribution is 6.17. The number of benzene rings is 1. The number of ether oxygens (including phenoxy) is 1. The number of carboxylic acids is 1. The highest BCUT2D eigenvalue weighted by Crippen LogP contribution is 2.38. The molecule has 2 rings (SSSR count). The molecule has 0 amide bonds. The van der Waals surface area contributed by atoms with Crippen molar-refractivity contribution in [3.05, 3.63) is 41.5 Å². The summed E-state index contributed by atoms with van der Waals surface area (Å²) >= 11 is 0. The van der Waals surface area contributed by atoms with Crippen LogP contribution in [0.15, 0.2) is 30.3 Å². The Hall–Kier alpha value is -2.10. The zero-order valence-corrected chi connectivity index (χ0v) is 13.0. The van der Waals surface area contributed by atoms with Crippen molar-refractivity contribution in [2.75, 3.05) is 7.11 Å². The molecule has 1 aliphatic rings. The fourth-order valence-corrected chi connectivity index (χ4v) is 3.06. The number of allylic oxidation sites excluding steroid dienone is 1. The molecule has 0 saturated carbocycles. The van der Waals surface area contributed by atoms with E-state index in [9.17, 15) is 14.7 Å². The lowest BCUT2D eigenvalue weighted by molar-refractivity contribution is -0.139. The highest BCUT2D eigenvalue weighted by atomic mass is 16.5. The van der Waals surface area contributed by atoms with Crippen LogP contribution < -0.4 is 0 Å². The van der Waals surface area contributed by atoms with Crippen molar-refractivity contribution in [1.82, 2.24) is 0 Å². The van der Waals surface area contributed by atoms with Gasteiger partial charge in [-0.3, -0.25) is 4.79 Å². The number of fused-ring (bicyclic) bond motifs is 1. The minimum Gasteiger partial charge on any atom is -0.481 e. The van der Waals surface area contributed by atoms with Crippen molar-refractivity contribution in [1.29, 1.82) is 0 Å². The van der Waals surface area contributed by atoms with Crippen LogP contribution in [0, 0.1) is 5.92 Å². The number of methoxy groups -OCH3 is 1. The summed E-state index contributed by atoms with van der Waals surface area (Å²) in [7, 11) is 1.35. The number of aliphatic carboxylic acids is 1. The van der Waals surface area contributed by atoms with Crippen LogP contribution >= 0.6 is 0 Å². The average Bonchev–Trinajstić information content (AvgIpc) is 2.69. The standard InChI is InChI=1S/C18H22O4/c1-3-4-7-12-10-15(17(19)20)13-8-5-6-9-14(13)16(11-12)18(21)22-2/h5-6,8-9,11-12,15H,3-4,7,10H2,1-2H3,(H,19,20)/t12-,15+/m1/s1. The van der Waals surface area contributed by atoms with Crippen LogP contribution in [0.2, 0.25) is 0 Å². The summed E-state index contributed by atoms with van der Waals surface area (Å²) in [6.07, 6.45) is 5.37. The van der Waals surface area contributed by atoms with Gasteiger partial charge in [0.2, 0.25) is 0 Å². The van der Waals surface area contributed by atoms with Gasteiger partial charge in [-0.2, -0.15) is 0 Å². The first kappa shape index (κ1) is 16.3. The summed E-state index contributed by atoms with van der Waals surface area (Å²) in [6, 6.07) is 7.24. The predicted molar refractivity (Wildman–Crippen MR) is 84.4 cm³/mol. The number of hydrogen-bond acceptors (Lipinski definition) is 3. The van der Waals surface area contributed by atoms with Crippen molar-refractivity contribution in [2.24, 2.45) is 5.92 Å². The van der Waals surface area contributed by atoms with Crippen LogP contribution in [0.25, 0.3) is 5.57 Å². The van der Waals surface area contributed by atoms with Crippen molar-refractivity contribution >= 4 is 17.5 Å². The molecule has 118 valence electrons. The van der Waals surface area contributed by atoms with Gasteiger partial charge in [0.15, 0.2) is 0 Å². The van der Waals surface area contributed by atoms with Gasteiger partial charge in [-0.05, 0) is 29.9 Å². The largest absolute Gasteiger partial charge is 0.481 e. The molecule has 0 radical (unpaired) electrons. The molecule has 4 heteroatoms. The lowest BCUT2D eigenvalue weighted by atomic mass is 9.87. The highest BCUT2D eigenvalue weighted by Gasteiger charge is 2.31. The van der Waals surface area contributed by atoms with E-state index in [-0.39, 0.29) is 5.92 Å². The number of carbonyl (C=O) groups is 2. The average molecular weight is 302 g/mol. The van der Waals surface area contributed by atoms with E-state index in [2.05, 4.69) is 6.92 Å². The van der Waals surface area contributed by atoms with Crippen LogP contribution in [0.1, 0.15) is 49.7 Å². The Kier molecular flexibility index (Phi) is 5.36. The Balaban J connectivity index is 2.51. The van der Waals surface area contributed by atoms with E-state index in [4.69, 9.17) is 4.74 Å². The third kappa shape index (κ3) is 3.38. The van der Waals surface area contributed by atoms with Crippen molar-refractivity contribution < 1.29 is 19.4 Å². The first-order valence-corrected chi connectivity index (χ1v) is 7.70. The summed E-state index contributed by atoms with van der Waals surface area (Å²) in [4.78, 5) is 23.8. The zero-order valence-electron chi connectivity index (χ0n) is 13.0. The molecule has 22 heavy (non-hydrogen) atoms. The molecule has 4 nitrogen and oxygen atoms in total. The molecule has 0 aromatic heterocycles. The van der Waals surface area contributed by atoms with E-state index in [0.29, 0.717) is 23.1 Å². The van der Waals surface area contributed by atoms with Crippen molar-refractivity contribution in [3.8, 4) is 0 Å². The Morgan fingerprint density at radius 1 is 1.32 bits per heavy atom. The summed E-state index contributed by atoms with van der Waals surface area (Å²) < 4.78 is 4.90. The van der Waals surface area contributed by atoms with Crippen LogP contribution in [0.4, 0.5) is 0 Å². The van der Waals surface area contributed by atoms with E-state index in [0.717, 1.165) is 19.3 Å². The molecule has 1 aromatic carbocycles. The molecule has 0 aliphatic heterocycles. The third-order valence-electron chi connectivity index (χ3n) is 4.20. The number of esters is 1. The molecule has 0 fully saturated rings. The van der Waals surface area contributed by atoms with Crippen molar-refractivity contribution in [3.63, 3.8) is 0 Å². The molecule has 0 unspecified atom stereocenters. The molecule has 0 bridgehead atoms. The molecule has 2 atom stereocenters. The summed E-state index contributed by atoms with van der Waals surface area (Å²) in [5, 5.41) is 9.60. The first-order chi connectivity index (χ1) is 10.6. The van der Waals surface area contributed by atoms with Gasteiger partial charge in [0.1, 0.15) is 0 Å². The molecular formula is C18H22O4. The summed E-state index contributed by atoms with van der Waals surface area (Å²) in [5.74, 6) is -1.76.